The summed E-state index contributed by atoms with van der Waals surface area (Å²) in [6.07, 6.45) is 0. The van der Waals surface area contributed by atoms with E-state index in [1.165, 1.54) is 16.8 Å². The van der Waals surface area contributed by atoms with Gasteiger partial charge in [-0.1, -0.05) is 17.7 Å². The first-order valence-corrected chi connectivity index (χ1v) is 7.03. The summed E-state index contributed by atoms with van der Waals surface area (Å²) in [7, 11) is 0. The van der Waals surface area contributed by atoms with E-state index in [2.05, 4.69) is 31.5 Å². The molecule has 0 bridgehead atoms. The van der Waals surface area contributed by atoms with Crippen molar-refractivity contribution in [3.63, 3.8) is 0 Å². The molecule has 3 aromatic rings. The number of nitrogens with two attached hydrogens (primary N) is 1. The number of nitrogen functional groups attached to an aromatic ring is 1. The fourth-order valence-electron chi connectivity index (χ4n) is 1.89. The van der Waals surface area contributed by atoms with E-state index in [-0.39, 0.29) is 5.82 Å². The Morgan fingerprint density at radius 3 is 2.81 bits per heavy atom. The SMILES string of the molecule is Nc1cccc(-c2nnnn2-c2ccc(F)cc2Br)c1Cl. The number of rotatable bonds is 2. The molecule has 0 aliphatic heterocycles. The lowest BCUT2D eigenvalue weighted by Crippen LogP contribution is -2.02. The maximum atomic E-state index is 13.2. The van der Waals surface area contributed by atoms with E-state index in [0.717, 1.165) is 0 Å². The highest BCUT2D eigenvalue weighted by Gasteiger charge is 2.17. The quantitative estimate of drug-likeness (QED) is 0.703. The van der Waals surface area contributed by atoms with Crippen LogP contribution in [0.15, 0.2) is 40.9 Å². The second-order valence-corrected chi connectivity index (χ2v) is 5.45. The molecule has 0 spiro atoms. The normalized spacial score (nSPS) is 10.8. The minimum atomic E-state index is -0.359. The average Bonchev–Trinajstić information content (AvgIpc) is 2.91. The molecule has 106 valence electrons. The summed E-state index contributed by atoms with van der Waals surface area (Å²) in [4.78, 5) is 0. The number of anilines is 1. The molecule has 5 nitrogen and oxygen atoms in total. The number of halogens is 3. The van der Waals surface area contributed by atoms with Crippen molar-refractivity contribution in [3.05, 3.63) is 51.7 Å². The highest BCUT2D eigenvalue weighted by atomic mass is 79.9. The van der Waals surface area contributed by atoms with Crippen molar-refractivity contribution in [1.82, 2.24) is 20.2 Å². The average molecular weight is 369 g/mol. The van der Waals surface area contributed by atoms with Crippen LogP contribution in [0.1, 0.15) is 0 Å². The van der Waals surface area contributed by atoms with E-state index in [4.69, 9.17) is 17.3 Å². The minimum Gasteiger partial charge on any atom is -0.398 e. The monoisotopic (exact) mass is 367 g/mol. The molecule has 0 amide bonds. The Morgan fingerprint density at radius 1 is 1.24 bits per heavy atom. The van der Waals surface area contributed by atoms with E-state index >= 15 is 0 Å². The molecule has 0 saturated heterocycles. The molecule has 2 aromatic carbocycles. The number of benzene rings is 2. The molecule has 0 radical (unpaired) electrons. The number of aromatic nitrogens is 4. The highest BCUT2D eigenvalue weighted by Crippen LogP contribution is 2.32. The molecule has 21 heavy (non-hydrogen) atoms. The smallest absolute Gasteiger partial charge is 0.188 e. The zero-order valence-corrected chi connectivity index (χ0v) is 12.8. The van der Waals surface area contributed by atoms with E-state index in [1.807, 2.05) is 0 Å². The van der Waals surface area contributed by atoms with Gasteiger partial charge < -0.3 is 5.73 Å². The third kappa shape index (κ3) is 2.50. The first kappa shape index (κ1) is 14.0. The van der Waals surface area contributed by atoms with Crippen LogP contribution in [0.3, 0.4) is 0 Å². The van der Waals surface area contributed by atoms with Crippen LogP contribution in [0.25, 0.3) is 17.1 Å². The van der Waals surface area contributed by atoms with Crippen LogP contribution >= 0.6 is 27.5 Å². The van der Waals surface area contributed by atoms with Crippen LogP contribution in [-0.2, 0) is 0 Å². The predicted octanol–water partition coefficient (Wildman–Crippen LogP) is 3.47. The van der Waals surface area contributed by atoms with Gasteiger partial charge in [-0.15, -0.1) is 5.10 Å². The van der Waals surface area contributed by atoms with Gasteiger partial charge in [-0.3, -0.25) is 0 Å². The van der Waals surface area contributed by atoms with Gasteiger partial charge in [0.15, 0.2) is 5.82 Å². The molecule has 0 atom stereocenters. The van der Waals surface area contributed by atoms with Gasteiger partial charge in [0.2, 0.25) is 0 Å². The van der Waals surface area contributed by atoms with Gasteiger partial charge in [0.25, 0.3) is 0 Å². The van der Waals surface area contributed by atoms with Crippen LogP contribution < -0.4 is 5.73 Å². The largest absolute Gasteiger partial charge is 0.398 e. The van der Waals surface area contributed by atoms with Gasteiger partial charge in [-0.2, -0.15) is 4.68 Å². The van der Waals surface area contributed by atoms with E-state index in [1.54, 1.807) is 24.3 Å². The van der Waals surface area contributed by atoms with Crippen LogP contribution in [0.4, 0.5) is 10.1 Å². The molecule has 3 rings (SSSR count). The summed E-state index contributed by atoms with van der Waals surface area (Å²) in [6, 6.07) is 9.44. The lowest BCUT2D eigenvalue weighted by atomic mass is 10.2. The van der Waals surface area contributed by atoms with Crippen molar-refractivity contribution < 1.29 is 4.39 Å². The fraction of sp³-hybridized carbons (Fsp3) is 0. The maximum absolute atomic E-state index is 13.2. The van der Waals surface area contributed by atoms with E-state index in [9.17, 15) is 4.39 Å². The summed E-state index contributed by atoms with van der Waals surface area (Å²) in [6.45, 7) is 0. The molecule has 1 heterocycles. The first-order chi connectivity index (χ1) is 10.1. The molecule has 1 aromatic heterocycles. The third-order valence-electron chi connectivity index (χ3n) is 2.88. The van der Waals surface area contributed by atoms with Crippen molar-refractivity contribution in [2.45, 2.75) is 0 Å². The summed E-state index contributed by atoms with van der Waals surface area (Å²) in [5, 5.41) is 11.9. The molecule has 8 heteroatoms. The Bertz CT molecular complexity index is 820. The molecular formula is C13H8BrClFN5. The van der Waals surface area contributed by atoms with Gasteiger partial charge in [0.05, 0.1) is 16.4 Å². The molecule has 0 aliphatic carbocycles. The first-order valence-electron chi connectivity index (χ1n) is 5.86. The summed E-state index contributed by atoms with van der Waals surface area (Å²) in [5.41, 5.74) is 7.42. The number of hydrogen-bond acceptors (Lipinski definition) is 4. The predicted molar refractivity (Wildman–Crippen MR) is 81.7 cm³/mol. The van der Waals surface area contributed by atoms with E-state index in [0.29, 0.717) is 32.3 Å². The molecule has 2 N–H and O–H groups in total. The van der Waals surface area contributed by atoms with Gasteiger partial charge in [-0.05, 0) is 56.7 Å². The Labute approximate surface area is 132 Å². The van der Waals surface area contributed by atoms with Gasteiger partial charge in [-0.25, -0.2) is 4.39 Å². The lowest BCUT2D eigenvalue weighted by Gasteiger charge is -2.09. The van der Waals surface area contributed by atoms with Gasteiger partial charge in [0, 0.05) is 10.0 Å². The summed E-state index contributed by atoms with van der Waals surface area (Å²) in [5.74, 6) is 0.0573. The van der Waals surface area contributed by atoms with Crippen LogP contribution in [0.5, 0.6) is 0 Å². The van der Waals surface area contributed by atoms with Gasteiger partial charge in [0.1, 0.15) is 5.82 Å². The maximum Gasteiger partial charge on any atom is 0.188 e. The summed E-state index contributed by atoms with van der Waals surface area (Å²) < 4.78 is 15.2. The highest BCUT2D eigenvalue weighted by molar-refractivity contribution is 9.10. The molecule has 0 unspecified atom stereocenters. The Kier molecular flexibility index (Phi) is 3.60. The Hall–Kier alpha value is -1.99. The minimum absolute atomic E-state index is 0.359. The Morgan fingerprint density at radius 2 is 2.05 bits per heavy atom. The second kappa shape index (κ2) is 5.42. The number of nitrogens with zero attached hydrogens (tertiary/aromatic N) is 4. The fourth-order valence-corrected chi connectivity index (χ4v) is 2.62. The van der Waals surface area contributed by atoms with Crippen molar-refractivity contribution in [3.8, 4) is 17.1 Å². The second-order valence-electron chi connectivity index (χ2n) is 4.22. The topological polar surface area (TPSA) is 69.6 Å². The molecule has 0 saturated carbocycles. The molecule has 0 fully saturated rings. The van der Waals surface area contributed by atoms with Crippen molar-refractivity contribution in [2.24, 2.45) is 0 Å². The number of tetrazole rings is 1. The lowest BCUT2D eigenvalue weighted by molar-refractivity contribution is 0.625. The molecule has 0 aliphatic rings. The van der Waals surface area contributed by atoms with Crippen molar-refractivity contribution >= 4 is 33.2 Å². The van der Waals surface area contributed by atoms with Crippen molar-refractivity contribution in [2.75, 3.05) is 5.73 Å². The number of hydrogen-bond donors (Lipinski definition) is 1. The summed E-state index contributed by atoms with van der Waals surface area (Å²) >= 11 is 9.50. The Balaban J connectivity index is 2.20. The van der Waals surface area contributed by atoms with Crippen LogP contribution in [0.2, 0.25) is 5.02 Å². The third-order valence-corrected chi connectivity index (χ3v) is 3.93. The van der Waals surface area contributed by atoms with Crippen molar-refractivity contribution in [1.29, 1.82) is 0 Å². The zero-order valence-electron chi connectivity index (χ0n) is 10.5. The van der Waals surface area contributed by atoms with E-state index < -0.39 is 0 Å². The van der Waals surface area contributed by atoms with Crippen LogP contribution in [0, 0.1) is 5.82 Å². The van der Waals surface area contributed by atoms with Gasteiger partial charge >= 0.3 is 0 Å². The molecular weight excluding hydrogens is 361 g/mol. The van der Waals surface area contributed by atoms with Crippen LogP contribution in [-0.4, -0.2) is 20.2 Å². The zero-order chi connectivity index (χ0) is 15.0. The standard InChI is InChI=1S/C13H8BrClFN5/c14-9-6-7(16)4-5-11(9)21-13(18-19-20-21)8-2-1-3-10(17)12(8)15/h1-6H,17H2.